The summed E-state index contributed by atoms with van der Waals surface area (Å²) in [5.74, 6) is 1.39. The summed E-state index contributed by atoms with van der Waals surface area (Å²) in [4.78, 5) is 14.2. The fourth-order valence-electron chi connectivity index (χ4n) is 2.18. The van der Waals surface area contributed by atoms with E-state index in [2.05, 4.69) is 6.92 Å². The number of hydrogen-bond acceptors (Lipinski definition) is 4. The Balaban J connectivity index is 2.04. The Morgan fingerprint density at radius 1 is 1.19 bits per heavy atom. The molecule has 2 N–H and O–H groups in total. The first-order valence-corrected chi connectivity index (χ1v) is 7.29. The molecule has 1 amide bonds. The van der Waals surface area contributed by atoms with Crippen LogP contribution in [0.25, 0.3) is 0 Å². The second kappa shape index (κ2) is 7.69. The second-order valence-electron chi connectivity index (χ2n) is 5.10. The maximum Gasteiger partial charge on any atom is 0.240 e. The molecule has 0 saturated heterocycles. The van der Waals surface area contributed by atoms with Crippen molar-refractivity contribution in [2.45, 2.75) is 45.3 Å². The molecular formula is C16H22N2O3. The van der Waals surface area contributed by atoms with Crippen LogP contribution < -0.4 is 5.73 Å². The summed E-state index contributed by atoms with van der Waals surface area (Å²) < 4.78 is 10.7. The molecule has 0 fully saturated rings. The summed E-state index contributed by atoms with van der Waals surface area (Å²) in [6, 6.07) is 6.83. The lowest BCUT2D eigenvalue weighted by atomic mass is 10.1. The zero-order valence-electron chi connectivity index (χ0n) is 12.3. The van der Waals surface area contributed by atoms with Crippen molar-refractivity contribution in [2.24, 2.45) is 5.73 Å². The molecule has 5 heteroatoms. The van der Waals surface area contributed by atoms with Crippen molar-refractivity contribution in [1.82, 2.24) is 4.90 Å². The lowest BCUT2D eigenvalue weighted by Gasteiger charge is -2.24. The molecule has 5 nitrogen and oxygen atoms in total. The minimum Gasteiger partial charge on any atom is -0.467 e. The van der Waals surface area contributed by atoms with E-state index in [-0.39, 0.29) is 5.91 Å². The molecule has 0 spiro atoms. The Morgan fingerprint density at radius 3 is 2.19 bits per heavy atom. The van der Waals surface area contributed by atoms with Crippen LogP contribution in [0.3, 0.4) is 0 Å². The smallest absolute Gasteiger partial charge is 0.240 e. The number of carbonyl (C=O) groups excluding carboxylic acids is 1. The zero-order valence-corrected chi connectivity index (χ0v) is 12.3. The van der Waals surface area contributed by atoms with Crippen molar-refractivity contribution < 1.29 is 13.6 Å². The van der Waals surface area contributed by atoms with Gasteiger partial charge in [0.05, 0.1) is 31.7 Å². The van der Waals surface area contributed by atoms with Crippen molar-refractivity contribution in [2.75, 3.05) is 0 Å². The fourth-order valence-corrected chi connectivity index (χ4v) is 2.18. The van der Waals surface area contributed by atoms with Gasteiger partial charge in [-0.15, -0.1) is 0 Å². The number of nitrogens with two attached hydrogens (primary N) is 1. The van der Waals surface area contributed by atoms with Crippen LogP contribution in [0.1, 0.15) is 37.7 Å². The van der Waals surface area contributed by atoms with Crippen LogP contribution >= 0.6 is 0 Å². The van der Waals surface area contributed by atoms with Gasteiger partial charge in [-0.1, -0.05) is 19.8 Å². The molecule has 21 heavy (non-hydrogen) atoms. The third kappa shape index (κ3) is 4.49. The van der Waals surface area contributed by atoms with Gasteiger partial charge in [0.25, 0.3) is 0 Å². The number of carbonyl (C=O) groups is 1. The molecule has 0 aliphatic rings. The summed E-state index contributed by atoms with van der Waals surface area (Å²) in [6.45, 7) is 2.87. The summed E-state index contributed by atoms with van der Waals surface area (Å²) in [7, 11) is 0. The van der Waals surface area contributed by atoms with Gasteiger partial charge in [0.1, 0.15) is 11.5 Å². The number of rotatable bonds is 8. The van der Waals surface area contributed by atoms with Gasteiger partial charge >= 0.3 is 0 Å². The van der Waals surface area contributed by atoms with Gasteiger partial charge < -0.3 is 19.5 Å². The van der Waals surface area contributed by atoms with Crippen LogP contribution in [0.5, 0.6) is 0 Å². The SMILES string of the molecule is CCCCC(N)C(=O)N(Cc1ccco1)Cc1ccco1. The molecule has 0 radical (unpaired) electrons. The van der Waals surface area contributed by atoms with E-state index in [1.165, 1.54) is 0 Å². The Hall–Kier alpha value is -2.01. The lowest BCUT2D eigenvalue weighted by Crippen LogP contribution is -2.42. The lowest BCUT2D eigenvalue weighted by molar-refractivity contribution is -0.134. The highest BCUT2D eigenvalue weighted by molar-refractivity contribution is 5.81. The first kappa shape index (κ1) is 15.4. The predicted molar refractivity (Wildman–Crippen MR) is 79.2 cm³/mol. The quantitative estimate of drug-likeness (QED) is 0.811. The van der Waals surface area contributed by atoms with Gasteiger partial charge in [-0.25, -0.2) is 0 Å². The summed E-state index contributed by atoms with van der Waals surface area (Å²) in [5.41, 5.74) is 6.01. The molecule has 0 aliphatic heterocycles. The Kier molecular flexibility index (Phi) is 5.63. The van der Waals surface area contributed by atoms with E-state index >= 15 is 0 Å². The van der Waals surface area contributed by atoms with E-state index in [0.29, 0.717) is 19.5 Å². The number of hydrogen-bond donors (Lipinski definition) is 1. The molecule has 1 unspecified atom stereocenters. The molecule has 2 aromatic heterocycles. The standard InChI is InChI=1S/C16H22N2O3/c1-2-3-8-15(17)16(19)18(11-13-6-4-9-20-13)12-14-7-5-10-21-14/h4-7,9-10,15H,2-3,8,11-12,17H2,1H3. The molecule has 0 aromatic carbocycles. The van der Waals surface area contributed by atoms with E-state index in [9.17, 15) is 4.79 Å². The maximum atomic E-state index is 12.5. The number of nitrogens with zero attached hydrogens (tertiary/aromatic N) is 1. The van der Waals surface area contributed by atoms with Crippen molar-refractivity contribution in [3.8, 4) is 0 Å². The summed E-state index contributed by atoms with van der Waals surface area (Å²) in [6.07, 6.45) is 5.87. The third-order valence-electron chi connectivity index (χ3n) is 3.35. The molecule has 2 aromatic rings. The minimum atomic E-state index is -0.477. The molecule has 1 atom stereocenters. The molecular weight excluding hydrogens is 268 g/mol. The monoisotopic (exact) mass is 290 g/mol. The van der Waals surface area contributed by atoms with Crippen molar-refractivity contribution >= 4 is 5.91 Å². The molecule has 0 bridgehead atoms. The minimum absolute atomic E-state index is 0.0729. The average Bonchev–Trinajstić information content (AvgIpc) is 3.16. The van der Waals surface area contributed by atoms with Gasteiger partial charge in [0.2, 0.25) is 5.91 Å². The number of amides is 1. The van der Waals surface area contributed by atoms with Gasteiger partial charge in [-0.05, 0) is 30.7 Å². The fraction of sp³-hybridized carbons (Fsp3) is 0.438. The van der Waals surface area contributed by atoms with Gasteiger partial charge in [-0.3, -0.25) is 4.79 Å². The largest absolute Gasteiger partial charge is 0.467 e. The average molecular weight is 290 g/mol. The Labute approximate surface area is 124 Å². The normalized spacial score (nSPS) is 12.3. The van der Waals surface area contributed by atoms with Gasteiger partial charge in [0.15, 0.2) is 0 Å². The maximum absolute atomic E-state index is 12.5. The van der Waals surface area contributed by atoms with Crippen molar-refractivity contribution in [1.29, 1.82) is 0 Å². The predicted octanol–water partition coefficient (Wildman–Crippen LogP) is 2.92. The van der Waals surface area contributed by atoms with Crippen LogP contribution in [0.4, 0.5) is 0 Å². The van der Waals surface area contributed by atoms with Crippen LogP contribution in [0.15, 0.2) is 45.6 Å². The number of unbranched alkanes of at least 4 members (excludes halogenated alkanes) is 1. The van der Waals surface area contributed by atoms with Gasteiger partial charge in [-0.2, -0.15) is 0 Å². The van der Waals surface area contributed by atoms with E-state index in [1.54, 1.807) is 17.4 Å². The van der Waals surface area contributed by atoms with E-state index in [0.717, 1.165) is 24.4 Å². The zero-order chi connectivity index (χ0) is 15.1. The first-order valence-electron chi connectivity index (χ1n) is 7.29. The van der Waals surface area contributed by atoms with Crippen LogP contribution in [0.2, 0.25) is 0 Å². The third-order valence-corrected chi connectivity index (χ3v) is 3.35. The Bertz CT molecular complexity index is 483. The summed E-state index contributed by atoms with van der Waals surface area (Å²) >= 11 is 0. The second-order valence-corrected chi connectivity index (χ2v) is 5.10. The number of furan rings is 2. The molecule has 2 rings (SSSR count). The highest BCUT2D eigenvalue weighted by Crippen LogP contribution is 2.13. The van der Waals surface area contributed by atoms with Crippen LogP contribution in [-0.2, 0) is 17.9 Å². The Morgan fingerprint density at radius 2 is 1.76 bits per heavy atom. The highest BCUT2D eigenvalue weighted by atomic mass is 16.3. The molecule has 2 heterocycles. The topological polar surface area (TPSA) is 72.6 Å². The molecule has 0 aliphatic carbocycles. The van der Waals surface area contributed by atoms with Crippen LogP contribution in [0, 0.1) is 0 Å². The van der Waals surface area contributed by atoms with Crippen molar-refractivity contribution in [3.05, 3.63) is 48.3 Å². The summed E-state index contributed by atoms with van der Waals surface area (Å²) in [5, 5.41) is 0. The van der Waals surface area contributed by atoms with E-state index in [4.69, 9.17) is 14.6 Å². The van der Waals surface area contributed by atoms with Gasteiger partial charge in [0, 0.05) is 0 Å². The molecule has 0 saturated carbocycles. The van der Waals surface area contributed by atoms with E-state index in [1.807, 2.05) is 24.3 Å². The molecule has 114 valence electrons. The first-order chi connectivity index (χ1) is 10.2. The van der Waals surface area contributed by atoms with E-state index < -0.39 is 6.04 Å². The highest BCUT2D eigenvalue weighted by Gasteiger charge is 2.22. The van der Waals surface area contributed by atoms with Crippen LogP contribution in [-0.4, -0.2) is 16.8 Å². The van der Waals surface area contributed by atoms with Crippen molar-refractivity contribution in [3.63, 3.8) is 0 Å².